The van der Waals surface area contributed by atoms with Gasteiger partial charge in [0.1, 0.15) is 0 Å². The van der Waals surface area contributed by atoms with Gasteiger partial charge < -0.3 is 5.32 Å². The van der Waals surface area contributed by atoms with Gasteiger partial charge in [-0.3, -0.25) is 4.79 Å². The Bertz CT molecular complexity index is 1060. The number of carbonyl (C=O) groups is 1. The van der Waals surface area contributed by atoms with Crippen LogP contribution in [0, 0.1) is 6.92 Å². The van der Waals surface area contributed by atoms with E-state index in [9.17, 15) is 13.2 Å². The summed E-state index contributed by atoms with van der Waals surface area (Å²) >= 11 is 6.19. The number of hydrogen-bond acceptors (Lipinski definition) is 6. The van der Waals surface area contributed by atoms with Crippen molar-refractivity contribution >= 4 is 59.7 Å². The SMILES string of the molecule is Cc1ccc(-c2csc(NC(=O)CCNS(=O)(=O)c3ccccc3Br)n2)s1. The zero-order chi connectivity index (χ0) is 19.4. The van der Waals surface area contributed by atoms with E-state index in [4.69, 9.17) is 0 Å². The predicted molar refractivity (Wildman–Crippen MR) is 113 cm³/mol. The van der Waals surface area contributed by atoms with Crippen LogP contribution in [0.25, 0.3) is 10.6 Å². The van der Waals surface area contributed by atoms with Crippen LogP contribution in [-0.2, 0) is 14.8 Å². The number of anilines is 1. The smallest absolute Gasteiger partial charge is 0.241 e. The molecule has 0 aliphatic carbocycles. The Labute approximate surface area is 173 Å². The molecule has 0 unspecified atom stereocenters. The molecule has 0 aliphatic rings. The van der Waals surface area contributed by atoms with Crippen molar-refractivity contribution < 1.29 is 13.2 Å². The number of amides is 1. The minimum Gasteiger partial charge on any atom is -0.302 e. The number of nitrogens with zero attached hydrogens (tertiary/aromatic N) is 1. The highest BCUT2D eigenvalue weighted by Gasteiger charge is 2.17. The molecular formula is C17H16BrN3O3S3. The van der Waals surface area contributed by atoms with Crippen LogP contribution in [0.3, 0.4) is 0 Å². The monoisotopic (exact) mass is 485 g/mol. The summed E-state index contributed by atoms with van der Waals surface area (Å²) in [7, 11) is -3.68. The molecule has 1 amide bonds. The second-order valence-corrected chi connectivity index (χ2v) is 10.3. The van der Waals surface area contributed by atoms with E-state index in [0.29, 0.717) is 9.60 Å². The van der Waals surface area contributed by atoms with E-state index in [0.717, 1.165) is 10.6 Å². The Morgan fingerprint density at radius 3 is 2.70 bits per heavy atom. The lowest BCUT2D eigenvalue weighted by Gasteiger charge is -2.08. The third-order valence-electron chi connectivity index (χ3n) is 3.51. The standard InChI is InChI=1S/C17H16BrN3O3S3/c1-11-6-7-14(26-11)13-10-25-17(20-13)21-16(22)8-9-19-27(23,24)15-5-3-2-4-12(15)18/h2-7,10,19H,8-9H2,1H3,(H,20,21,22). The maximum absolute atomic E-state index is 12.3. The Balaban J connectivity index is 1.53. The van der Waals surface area contributed by atoms with Gasteiger partial charge in [-0.2, -0.15) is 0 Å². The summed E-state index contributed by atoms with van der Waals surface area (Å²) in [6, 6.07) is 10.5. The van der Waals surface area contributed by atoms with E-state index in [-0.39, 0.29) is 23.8 Å². The van der Waals surface area contributed by atoms with Gasteiger partial charge in [0.2, 0.25) is 15.9 Å². The maximum atomic E-state index is 12.3. The van der Waals surface area contributed by atoms with Crippen LogP contribution in [0.1, 0.15) is 11.3 Å². The quantitative estimate of drug-likeness (QED) is 0.523. The topological polar surface area (TPSA) is 88.2 Å². The zero-order valence-electron chi connectivity index (χ0n) is 14.2. The van der Waals surface area contributed by atoms with E-state index in [1.165, 1.54) is 22.3 Å². The summed E-state index contributed by atoms with van der Waals surface area (Å²) in [5.74, 6) is -0.298. The van der Waals surface area contributed by atoms with Crippen molar-refractivity contribution in [3.63, 3.8) is 0 Å². The molecule has 2 N–H and O–H groups in total. The molecule has 10 heteroatoms. The number of carbonyl (C=O) groups excluding carboxylic acids is 1. The summed E-state index contributed by atoms with van der Waals surface area (Å²) < 4.78 is 27.5. The van der Waals surface area contributed by atoms with Gasteiger partial charge in [0.15, 0.2) is 5.13 Å². The second-order valence-electron chi connectivity index (χ2n) is 5.57. The first kappa shape index (κ1) is 20.2. The molecular weight excluding hydrogens is 470 g/mol. The number of halogens is 1. The fourth-order valence-electron chi connectivity index (χ4n) is 2.24. The molecule has 27 heavy (non-hydrogen) atoms. The fourth-order valence-corrected chi connectivity index (χ4v) is 5.90. The van der Waals surface area contributed by atoms with Gasteiger partial charge in [0, 0.05) is 27.7 Å². The molecule has 0 spiro atoms. The number of nitrogens with one attached hydrogen (secondary N) is 2. The summed E-state index contributed by atoms with van der Waals surface area (Å²) in [4.78, 5) is 18.8. The molecule has 0 saturated heterocycles. The van der Waals surface area contributed by atoms with Crippen LogP contribution < -0.4 is 10.0 Å². The first-order valence-electron chi connectivity index (χ1n) is 7.91. The maximum Gasteiger partial charge on any atom is 0.241 e. The Morgan fingerprint density at radius 1 is 1.22 bits per heavy atom. The third kappa shape index (κ3) is 5.23. The molecule has 6 nitrogen and oxygen atoms in total. The summed E-state index contributed by atoms with van der Waals surface area (Å²) in [5.41, 5.74) is 0.822. The summed E-state index contributed by atoms with van der Waals surface area (Å²) in [5, 5.41) is 5.09. The van der Waals surface area contributed by atoms with Gasteiger partial charge in [-0.25, -0.2) is 18.1 Å². The van der Waals surface area contributed by atoms with E-state index in [1.54, 1.807) is 29.5 Å². The molecule has 0 bridgehead atoms. The Morgan fingerprint density at radius 2 is 2.00 bits per heavy atom. The number of benzene rings is 1. The van der Waals surface area contributed by atoms with Crippen LogP contribution in [0.15, 0.2) is 51.1 Å². The first-order valence-corrected chi connectivity index (χ1v) is 11.9. The van der Waals surface area contributed by atoms with Crippen LogP contribution >= 0.6 is 38.6 Å². The molecule has 0 fully saturated rings. The second kappa shape index (κ2) is 8.61. The largest absolute Gasteiger partial charge is 0.302 e. The molecule has 3 rings (SSSR count). The summed E-state index contributed by atoms with van der Waals surface area (Å²) in [6.45, 7) is 2.02. The van der Waals surface area contributed by atoms with Crippen molar-refractivity contribution in [3.8, 4) is 10.6 Å². The molecule has 1 aromatic carbocycles. The predicted octanol–water partition coefficient (Wildman–Crippen LogP) is 4.25. The van der Waals surface area contributed by atoms with Gasteiger partial charge >= 0.3 is 0 Å². The number of aromatic nitrogens is 1. The highest BCUT2D eigenvalue weighted by atomic mass is 79.9. The van der Waals surface area contributed by atoms with E-state index in [1.807, 2.05) is 24.4 Å². The summed E-state index contributed by atoms with van der Waals surface area (Å²) in [6.07, 6.45) is 0.0106. The highest BCUT2D eigenvalue weighted by Crippen LogP contribution is 2.30. The van der Waals surface area contributed by atoms with Crippen LogP contribution in [0.5, 0.6) is 0 Å². The van der Waals surface area contributed by atoms with Crippen molar-refractivity contribution in [1.82, 2.24) is 9.71 Å². The molecule has 0 aliphatic heterocycles. The molecule has 142 valence electrons. The number of thiazole rings is 1. The number of sulfonamides is 1. The lowest BCUT2D eigenvalue weighted by molar-refractivity contribution is -0.116. The lowest BCUT2D eigenvalue weighted by atomic mass is 10.4. The average molecular weight is 486 g/mol. The molecule has 0 saturated carbocycles. The Hall–Kier alpha value is -1.59. The fraction of sp³-hybridized carbons (Fsp3) is 0.176. The van der Waals surface area contributed by atoms with Crippen LogP contribution in [-0.4, -0.2) is 25.9 Å². The van der Waals surface area contributed by atoms with Crippen molar-refractivity contribution in [2.75, 3.05) is 11.9 Å². The Kier molecular flexibility index (Phi) is 6.43. The van der Waals surface area contributed by atoms with Gasteiger partial charge in [-0.15, -0.1) is 22.7 Å². The average Bonchev–Trinajstić information content (AvgIpc) is 3.24. The number of hydrogen-bond donors (Lipinski definition) is 2. The van der Waals surface area contributed by atoms with Gasteiger partial charge in [-0.05, 0) is 47.1 Å². The number of aryl methyl sites for hydroxylation is 1. The first-order chi connectivity index (χ1) is 12.8. The molecule has 2 heterocycles. The molecule has 0 atom stereocenters. The van der Waals surface area contributed by atoms with E-state index < -0.39 is 10.0 Å². The molecule has 0 radical (unpaired) electrons. The van der Waals surface area contributed by atoms with Gasteiger partial charge in [-0.1, -0.05) is 12.1 Å². The van der Waals surface area contributed by atoms with Crippen molar-refractivity contribution in [1.29, 1.82) is 0 Å². The van der Waals surface area contributed by atoms with Crippen molar-refractivity contribution in [2.24, 2.45) is 0 Å². The third-order valence-corrected chi connectivity index (χ3v) is 7.77. The van der Waals surface area contributed by atoms with E-state index >= 15 is 0 Å². The highest BCUT2D eigenvalue weighted by molar-refractivity contribution is 9.10. The van der Waals surface area contributed by atoms with Gasteiger partial charge in [0.05, 0.1) is 15.5 Å². The van der Waals surface area contributed by atoms with E-state index in [2.05, 4.69) is 31.0 Å². The van der Waals surface area contributed by atoms with Crippen molar-refractivity contribution in [3.05, 3.63) is 51.1 Å². The lowest BCUT2D eigenvalue weighted by Crippen LogP contribution is -2.28. The van der Waals surface area contributed by atoms with Crippen LogP contribution in [0.2, 0.25) is 0 Å². The number of thiophene rings is 1. The van der Waals surface area contributed by atoms with Crippen molar-refractivity contribution in [2.45, 2.75) is 18.2 Å². The van der Waals surface area contributed by atoms with Crippen LogP contribution in [0.4, 0.5) is 5.13 Å². The zero-order valence-corrected chi connectivity index (χ0v) is 18.3. The minimum atomic E-state index is -3.68. The van der Waals surface area contributed by atoms with Gasteiger partial charge in [0.25, 0.3) is 0 Å². The molecule has 3 aromatic rings. The molecule has 2 aromatic heterocycles. The number of rotatable bonds is 7. The normalized spacial score (nSPS) is 11.5. The minimum absolute atomic E-state index is 0.00213.